The number of aliphatic hydroxyl groups is 1. The van der Waals surface area contributed by atoms with Gasteiger partial charge in [0.1, 0.15) is 19.3 Å². The van der Waals surface area contributed by atoms with Gasteiger partial charge in [-0.25, -0.2) is 9.13 Å². The highest BCUT2D eigenvalue weighted by Gasteiger charge is 2.30. The highest BCUT2D eigenvalue weighted by Crippen LogP contribution is 2.45. The number of carbonyl (C=O) groups is 4. The molecule has 17 nitrogen and oxygen atoms in total. The van der Waals surface area contributed by atoms with E-state index in [1.807, 2.05) is 0 Å². The van der Waals surface area contributed by atoms with Gasteiger partial charge < -0.3 is 33.8 Å². The van der Waals surface area contributed by atoms with Gasteiger partial charge in [-0.3, -0.25) is 37.3 Å². The van der Waals surface area contributed by atoms with Gasteiger partial charge in [-0.15, -0.1) is 0 Å². The smallest absolute Gasteiger partial charge is 0.462 e. The van der Waals surface area contributed by atoms with Crippen LogP contribution in [0.1, 0.15) is 331 Å². The molecule has 5 unspecified atom stereocenters. The Balaban J connectivity index is 5.28. The van der Waals surface area contributed by atoms with E-state index in [1.165, 1.54) is 135 Å². The molecule has 516 valence electrons. The van der Waals surface area contributed by atoms with Crippen LogP contribution in [0, 0.1) is 23.7 Å². The Bertz CT molecular complexity index is 1730. The minimum Gasteiger partial charge on any atom is -0.462 e. The Kier molecular flexibility index (Phi) is 56.6. The second kappa shape index (κ2) is 57.9. The topological polar surface area (TPSA) is 237 Å². The summed E-state index contributed by atoms with van der Waals surface area (Å²) in [6.07, 6.45) is 38.8. The molecule has 0 aromatic carbocycles. The molecular formula is C68H132O17P2. The van der Waals surface area contributed by atoms with E-state index in [0.29, 0.717) is 25.7 Å². The maximum atomic E-state index is 13.0. The second-order valence-corrected chi connectivity index (χ2v) is 28.9. The highest BCUT2D eigenvalue weighted by molar-refractivity contribution is 7.47. The normalized spacial score (nSPS) is 15.0. The van der Waals surface area contributed by atoms with Gasteiger partial charge in [-0.1, -0.05) is 280 Å². The third-order valence-corrected chi connectivity index (χ3v) is 18.2. The molecule has 3 N–H and O–H groups in total. The predicted octanol–water partition coefficient (Wildman–Crippen LogP) is 18.9. The molecule has 0 radical (unpaired) electrons. The fourth-order valence-electron chi connectivity index (χ4n) is 10.1. The van der Waals surface area contributed by atoms with Crippen LogP contribution in [0.3, 0.4) is 0 Å². The largest absolute Gasteiger partial charge is 0.472 e. The summed E-state index contributed by atoms with van der Waals surface area (Å²) in [5.41, 5.74) is 0. The Hall–Kier alpha value is -1.94. The molecule has 0 saturated heterocycles. The van der Waals surface area contributed by atoms with E-state index < -0.39 is 97.5 Å². The minimum atomic E-state index is -4.95. The zero-order valence-electron chi connectivity index (χ0n) is 56.6. The Labute approximate surface area is 530 Å². The van der Waals surface area contributed by atoms with Gasteiger partial charge in [0.2, 0.25) is 0 Å². The first kappa shape index (κ1) is 85.1. The molecule has 0 aliphatic rings. The number of ether oxygens (including phenoxy) is 4. The molecule has 0 rings (SSSR count). The Morgan fingerprint density at radius 2 is 0.552 bits per heavy atom. The van der Waals surface area contributed by atoms with Crippen LogP contribution < -0.4 is 0 Å². The van der Waals surface area contributed by atoms with E-state index >= 15 is 0 Å². The molecule has 0 saturated carbocycles. The summed E-state index contributed by atoms with van der Waals surface area (Å²) in [6, 6.07) is 0. The summed E-state index contributed by atoms with van der Waals surface area (Å²) in [5.74, 6) is 0.874. The number of hydrogen-bond donors (Lipinski definition) is 3. The molecule has 0 aliphatic carbocycles. The first-order chi connectivity index (χ1) is 41.7. The molecule has 0 heterocycles. The van der Waals surface area contributed by atoms with Crippen LogP contribution in [-0.2, 0) is 65.4 Å². The third-order valence-electron chi connectivity index (χ3n) is 16.3. The number of phosphoric ester groups is 2. The van der Waals surface area contributed by atoms with Gasteiger partial charge in [0.05, 0.1) is 26.4 Å². The number of unbranched alkanes of at least 4 members (excludes halogenated alkanes) is 29. The summed E-state index contributed by atoms with van der Waals surface area (Å²) in [6.45, 7) is 14.1. The standard InChI is InChI=1S/C68H132O17P2/c1-9-60(7)46-38-30-22-15-18-26-34-42-50-67(72)84-63(54-78-65(70)48-40-32-24-13-11-12-20-28-36-44-58(3)4)56-82-86(74,75)80-52-62(69)53-81-87(76,77)83-57-64(55-79-66(71)49-41-33-25-17-14-21-29-37-45-59(5)6)85-68(73)51-43-35-27-19-16-23-31-39-47-61(8)10-2/h58-64,69H,9-57H2,1-8H3,(H,74,75)(H,76,77)/t60?,61?,62?,63-,64-/m1/s1. The summed E-state index contributed by atoms with van der Waals surface area (Å²) >= 11 is 0. The number of hydrogen-bond acceptors (Lipinski definition) is 15. The summed E-state index contributed by atoms with van der Waals surface area (Å²) in [7, 11) is -9.90. The van der Waals surface area contributed by atoms with Gasteiger partial charge >= 0.3 is 39.5 Å². The fraction of sp³-hybridized carbons (Fsp3) is 0.941. The molecule has 0 fully saturated rings. The molecule has 19 heteroatoms. The van der Waals surface area contributed by atoms with E-state index in [0.717, 1.165) is 114 Å². The molecule has 0 amide bonds. The Morgan fingerprint density at radius 3 is 0.816 bits per heavy atom. The van der Waals surface area contributed by atoms with Crippen LogP contribution in [0.15, 0.2) is 0 Å². The van der Waals surface area contributed by atoms with Crippen molar-refractivity contribution in [1.29, 1.82) is 0 Å². The molecule has 0 aromatic rings. The van der Waals surface area contributed by atoms with Crippen molar-refractivity contribution in [3.63, 3.8) is 0 Å². The lowest BCUT2D eigenvalue weighted by Crippen LogP contribution is -2.30. The van der Waals surface area contributed by atoms with Crippen LogP contribution in [0.4, 0.5) is 0 Å². The van der Waals surface area contributed by atoms with Crippen molar-refractivity contribution in [3.05, 3.63) is 0 Å². The molecule has 0 aliphatic heterocycles. The number of carbonyl (C=O) groups excluding carboxylic acids is 4. The lowest BCUT2D eigenvalue weighted by Gasteiger charge is -2.21. The summed E-state index contributed by atoms with van der Waals surface area (Å²) < 4.78 is 68.2. The van der Waals surface area contributed by atoms with Gasteiger partial charge in [0, 0.05) is 25.7 Å². The van der Waals surface area contributed by atoms with E-state index in [-0.39, 0.29) is 25.7 Å². The van der Waals surface area contributed by atoms with Crippen LogP contribution >= 0.6 is 15.6 Å². The first-order valence-corrected chi connectivity index (χ1v) is 38.3. The molecule has 0 aromatic heterocycles. The quantitative estimate of drug-likeness (QED) is 0.0222. The summed E-state index contributed by atoms with van der Waals surface area (Å²) in [4.78, 5) is 72.5. The minimum absolute atomic E-state index is 0.104. The van der Waals surface area contributed by atoms with Gasteiger partial charge in [-0.2, -0.15) is 0 Å². The molecule has 7 atom stereocenters. The SMILES string of the molecule is CCC(C)CCCCCCCCCCC(=O)O[C@H](COC(=O)CCCCCCCCCCCC(C)C)COP(=O)(O)OCC(O)COP(=O)(O)OC[C@@H](COC(=O)CCCCCCCCCCC(C)C)OC(=O)CCCCCCCCCCC(C)CC. The van der Waals surface area contributed by atoms with Crippen LogP contribution in [0.2, 0.25) is 0 Å². The van der Waals surface area contributed by atoms with Crippen molar-refractivity contribution in [2.45, 2.75) is 350 Å². The maximum absolute atomic E-state index is 13.0. The number of rotatable bonds is 65. The highest BCUT2D eigenvalue weighted by atomic mass is 31.2. The molecular weight excluding hydrogens is 1150 g/mol. The predicted molar refractivity (Wildman–Crippen MR) is 349 cm³/mol. The number of phosphoric acid groups is 2. The number of aliphatic hydroxyl groups excluding tert-OH is 1. The molecule has 0 bridgehead atoms. The lowest BCUT2D eigenvalue weighted by atomic mass is 9.99. The van der Waals surface area contributed by atoms with Crippen molar-refractivity contribution < 1.29 is 80.2 Å². The van der Waals surface area contributed by atoms with E-state index in [1.54, 1.807) is 0 Å². The van der Waals surface area contributed by atoms with E-state index in [4.69, 9.17) is 37.0 Å². The average molecular weight is 1280 g/mol. The Morgan fingerprint density at radius 1 is 0.322 bits per heavy atom. The third kappa shape index (κ3) is 60.1. The van der Waals surface area contributed by atoms with Crippen LogP contribution in [0.5, 0.6) is 0 Å². The summed E-state index contributed by atoms with van der Waals surface area (Å²) in [5, 5.41) is 10.6. The van der Waals surface area contributed by atoms with Crippen LogP contribution in [0.25, 0.3) is 0 Å². The van der Waals surface area contributed by atoms with Gasteiger partial charge in [0.25, 0.3) is 0 Å². The zero-order valence-corrected chi connectivity index (χ0v) is 58.4. The molecule has 87 heavy (non-hydrogen) atoms. The van der Waals surface area contributed by atoms with E-state index in [2.05, 4.69) is 55.4 Å². The van der Waals surface area contributed by atoms with E-state index in [9.17, 15) is 43.2 Å². The van der Waals surface area contributed by atoms with Crippen molar-refractivity contribution in [2.24, 2.45) is 23.7 Å². The second-order valence-electron chi connectivity index (χ2n) is 26.0. The maximum Gasteiger partial charge on any atom is 0.472 e. The monoisotopic (exact) mass is 1280 g/mol. The van der Waals surface area contributed by atoms with Crippen LogP contribution in [-0.4, -0.2) is 96.7 Å². The van der Waals surface area contributed by atoms with Crippen molar-refractivity contribution >= 4 is 39.5 Å². The van der Waals surface area contributed by atoms with Crippen molar-refractivity contribution in [2.75, 3.05) is 39.6 Å². The average Bonchev–Trinajstić information content (AvgIpc) is 3.50. The van der Waals surface area contributed by atoms with Gasteiger partial charge in [0.15, 0.2) is 12.2 Å². The lowest BCUT2D eigenvalue weighted by molar-refractivity contribution is -0.161. The number of esters is 4. The zero-order chi connectivity index (χ0) is 64.7. The first-order valence-electron chi connectivity index (χ1n) is 35.3. The fourth-order valence-corrected chi connectivity index (χ4v) is 11.7. The van der Waals surface area contributed by atoms with Crippen molar-refractivity contribution in [3.8, 4) is 0 Å². The van der Waals surface area contributed by atoms with Crippen molar-refractivity contribution in [1.82, 2.24) is 0 Å². The molecule has 0 spiro atoms. The van der Waals surface area contributed by atoms with Gasteiger partial charge in [-0.05, 0) is 49.4 Å².